The lowest BCUT2D eigenvalue weighted by Gasteiger charge is -2.09. The molecule has 0 fully saturated rings. The van der Waals surface area contributed by atoms with Crippen LogP contribution in [0.3, 0.4) is 0 Å². The Morgan fingerprint density at radius 3 is 2.69 bits per heavy atom. The summed E-state index contributed by atoms with van der Waals surface area (Å²) in [5.41, 5.74) is 0.585. The average Bonchev–Trinajstić information content (AvgIpc) is 2.19. The molecule has 0 aliphatic carbocycles. The molecule has 0 aliphatic rings. The summed E-state index contributed by atoms with van der Waals surface area (Å²) in [5.74, 6) is -0.348. The Balaban J connectivity index is 3.11. The highest BCUT2D eigenvalue weighted by molar-refractivity contribution is 9.10. The highest BCUT2D eigenvalue weighted by Crippen LogP contribution is 2.14. The normalized spacial score (nSPS) is 10.6. The first kappa shape index (κ1) is 13.0. The number of hydrogen-bond acceptors (Lipinski definition) is 2. The van der Waals surface area contributed by atoms with E-state index in [0.29, 0.717) is 6.42 Å². The van der Waals surface area contributed by atoms with Crippen LogP contribution in [0.2, 0.25) is 0 Å². The van der Waals surface area contributed by atoms with Gasteiger partial charge in [0, 0.05) is 16.2 Å². The smallest absolute Gasteiger partial charge is 0.261 e. The van der Waals surface area contributed by atoms with Crippen molar-refractivity contribution >= 4 is 21.8 Å². The third-order valence-electron chi connectivity index (χ3n) is 2.09. The Hall–Kier alpha value is -1.10. The predicted molar refractivity (Wildman–Crippen MR) is 66.7 cm³/mol. The molecule has 5 heteroatoms. The number of amides is 1. The second-order valence-corrected chi connectivity index (χ2v) is 4.67. The zero-order chi connectivity index (χ0) is 12.3. The molecule has 1 amide bonds. The van der Waals surface area contributed by atoms with E-state index in [0.717, 1.165) is 10.2 Å². The predicted octanol–water partition coefficient (Wildman–Crippen LogP) is 1.84. The zero-order valence-corrected chi connectivity index (χ0v) is 11.1. The third kappa shape index (κ3) is 2.95. The molecule has 0 spiro atoms. The van der Waals surface area contributed by atoms with Crippen LogP contribution in [0.4, 0.5) is 0 Å². The molecule has 0 aliphatic heterocycles. The van der Waals surface area contributed by atoms with Gasteiger partial charge in [0.25, 0.3) is 11.5 Å². The molecule has 0 saturated heterocycles. The van der Waals surface area contributed by atoms with Crippen LogP contribution in [0, 0.1) is 0 Å². The second-order valence-electron chi connectivity index (χ2n) is 3.82. The van der Waals surface area contributed by atoms with Gasteiger partial charge in [0.15, 0.2) is 0 Å². The van der Waals surface area contributed by atoms with E-state index in [1.807, 2.05) is 20.8 Å². The van der Waals surface area contributed by atoms with Gasteiger partial charge in [0.1, 0.15) is 5.56 Å². The van der Waals surface area contributed by atoms with E-state index in [1.54, 1.807) is 6.07 Å². The number of H-pyrrole nitrogens is 1. The van der Waals surface area contributed by atoms with Crippen LogP contribution in [-0.2, 0) is 6.42 Å². The van der Waals surface area contributed by atoms with Crippen LogP contribution < -0.4 is 10.9 Å². The second kappa shape index (κ2) is 5.30. The maximum atomic E-state index is 11.7. The highest BCUT2D eigenvalue weighted by Gasteiger charge is 2.13. The lowest BCUT2D eigenvalue weighted by Crippen LogP contribution is -2.34. The van der Waals surface area contributed by atoms with Crippen LogP contribution in [0.25, 0.3) is 0 Å². The SMILES string of the molecule is CCc1[nH]c(=O)c(C(=O)NC(C)C)cc1Br. The fraction of sp³-hybridized carbons (Fsp3) is 0.455. The average molecular weight is 287 g/mol. The van der Waals surface area contributed by atoms with E-state index < -0.39 is 0 Å². The molecule has 0 atom stereocenters. The maximum absolute atomic E-state index is 11.7. The standard InChI is InChI=1S/C11H15BrN2O2/c1-4-9-8(12)5-7(11(16)14-9)10(15)13-6(2)3/h5-6H,4H2,1-3H3,(H,13,15)(H,14,16). The van der Waals surface area contributed by atoms with Gasteiger partial charge in [-0.15, -0.1) is 0 Å². The lowest BCUT2D eigenvalue weighted by atomic mass is 10.2. The summed E-state index contributed by atoms with van der Waals surface area (Å²) in [5, 5.41) is 2.68. The number of aryl methyl sites for hydroxylation is 1. The summed E-state index contributed by atoms with van der Waals surface area (Å²) < 4.78 is 0.753. The van der Waals surface area contributed by atoms with Crippen molar-refractivity contribution in [3.63, 3.8) is 0 Å². The van der Waals surface area contributed by atoms with Gasteiger partial charge in [0.2, 0.25) is 0 Å². The molecule has 0 radical (unpaired) electrons. The number of pyridine rings is 1. The van der Waals surface area contributed by atoms with Gasteiger partial charge in [-0.1, -0.05) is 6.92 Å². The van der Waals surface area contributed by atoms with Crippen LogP contribution in [0.5, 0.6) is 0 Å². The Labute approximate surface area is 103 Å². The quantitative estimate of drug-likeness (QED) is 0.891. The summed E-state index contributed by atoms with van der Waals surface area (Å²) >= 11 is 3.33. The lowest BCUT2D eigenvalue weighted by molar-refractivity contribution is 0.0941. The highest BCUT2D eigenvalue weighted by atomic mass is 79.9. The van der Waals surface area contributed by atoms with E-state index in [4.69, 9.17) is 0 Å². The first-order valence-electron chi connectivity index (χ1n) is 5.18. The molecule has 1 rings (SSSR count). The number of aromatic nitrogens is 1. The maximum Gasteiger partial charge on any atom is 0.261 e. The molecule has 0 bridgehead atoms. The molecule has 1 heterocycles. The van der Waals surface area contributed by atoms with Crippen LogP contribution in [-0.4, -0.2) is 16.9 Å². The van der Waals surface area contributed by atoms with Crippen molar-refractivity contribution in [1.82, 2.24) is 10.3 Å². The molecule has 2 N–H and O–H groups in total. The number of rotatable bonds is 3. The summed E-state index contributed by atoms with van der Waals surface area (Å²) in [6.45, 7) is 5.63. The molecule has 0 saturated carbocycles. The number of halogens is 1. The monoisotopic (exact) mass is 286 g/mol. The molecule has 1 aromatic heterocycles. The molecular formula is C11H15BrN2O2. The zero-order valence-electron chi connectivity index (χ0n) is 9.56. The van der Waals surface area contributed by atoms with Gasteiger partial charge < -0.3 is 10.3 Å². The van der Waals surface area contributed by atoms with Gasteiger partial charge >= 0.3 is 0 Å². The first-order valence-corrected chi connectivity index (χ1v) is 5.97. The van der Waals surface area contributed by atoms with Crippen molar-refractivity contribution in [3.05, 3.63) is 32.2 Å². The van der Waals surface area contributed by atoms with E-state index in [1.165, 1.54) is 0 Å². The summed E-state index contributed by atoms with van der Waals surface area (Å²) in [4.78, 5) is 26.0. The molecular weight excluding hydrogens is 272 g/mol. The fourth-order valence-corrected chi connectivity index (χ4v) is 1.92. The van der Waals surface area contributed by atoms with Crippen LogP contribution >= 0.6 is 15.9 Å². The molecule has 0 aromatic carbocycles. The summed E-state index contributed by atoms with van der Waals surface area (Å²) in [6, 6.07) is 1.58. The van der Waals surface area contributed by atoms with Crippen molar-refractivity contribution in [3.8, 4) is 0 Å². The number of carbonyl (C=O) groups is 1. The molecule has 88 valence electrons. The fourth-order valence-electron chi connectivity index (χ4n) is 1.31. The molecule has 16 heavy (non-hydrogen) atoms. The van der Waals surface area contributed by atoms with Crippen molar-refractivity contribution in [2.45, 2.75) is 33.2 Å². The van der Waals surface area contributed by atoms with Crippen molar-refractivity contribution in [2.75, 3.05) is 0 Å². The molecule has 0 unspecified atom stereocenters. The Bertz CT molecular complexity index is 452. The van der Waals surface area contributed by atoms with Crippen molar-refractivity contribution in [2.24, 2.45) is 0 Å². The molecule has 4 nitrogen and oxygen atoms in total. The van der Waals surface area contributed by atoms with Crippen molar-refractivity contribution in [1.29, 1.82) is 0 Å². The van der Waals surface area contributed by atoms with E-state index in [-0.39, 0.29) is 23.1 Å². The Kier molecular flexibility index (Phi) is 4.29. The topological polar surface area (TPSA) is 62.0 Å². The summed E-state index contributed by atoms with van der Waals surface area (Å²) in [6.07, 6.45) is 0.710. The number of hydrogen-bond donors (Lipinski definition) is 2. The number of aromatic amines is 1. The van der Waals surface area contributed by atoms with Crippen molar-refractivity contribution < 1.29 is 4.79 Å². The minimum Gasteiger partial charge on any atom is -0.350 e. The van der Waals surface area contributed by atoms with E-state index in [9.17, 15) is 9.59 Å². The Morgan fingerprint density at radius 1 is 1.56 bits per heavy atom. The van der Waals surface area contributed by atoms with Gasteiger partial charge in [-0.2, -0.15) is 0 Å². The van der Waals surface area contributed by atoms with E-state index in [2.05, 4.69) is 26.2 Å². The third-order valence-corrected chi connectivity index (χ3v) is 2.79. The number of carbonyl (C=O) groups excluding carboxylic acids is 1. The molecule has 1 aromatic rings. The van der Waals surface area contributed by atoms with Gasteiger partial charge in [-0.05, 0) is 42.3 Å². The minimum absolute atomic E-state index is 0.0107. The van der Waals surface area contributed by atoms with Gasteiger partial charge in [-0.3, -0.25) is 9.59 Å². The largest absolute Gasteiger partial charge is 0.350 e. The number of nitrogens with one attached hydrogen (secondary N) is 2. The summed E-state index contributed by atoms with van der Waals surface area (Å²) in [7, 11) is 0. The van der Waals surface area contributed by atoms with Gasteiger partial charge in [0.05, 0.1) is 0 Å². The van der Waals surface area contributed by atoms with Crippen LogP contribution in [0.1, 0.15) is 36.8 Å². The van der Waals surface area contributed by atoms with Crippen LogP contribution in [0.15, 0.2) is 15.3 Å². The minimum atomic E-state index is -0.349. The Morgan fingerprint density at radius 2 is 2.19 bits per heavy atom. The first-order chi connectivity index (χ1) is 7.45. The van der Waals surface area contributed by atoms with E-state index >= 15 is 0 Å². The van der Waals surface area contributed by atoms with Gasteiger partial charge in [-0.25, -0.2) is 0 Å².